The predicted molar refractivity (Wildman–Crippen MR) is 136 cm³/mol. The average Bonchev–Trinajstić information content (AvgIpc) is 3.32. The number of hydrogen-bond acceptors (Lipinski definition) is 5. The van der Waals surface area contributed by atoms with Gasteiger partial charge in [-0.3, -0.25) is 9.36 Å². The molecule has 0 unspecified atom stereocenters. The van der Waals surface area contributed by atoms with Gasteiger partial charge < -0.3 is 10.6 Å². The van der Waals surface area contributed by atoms with Gasteiger partial charge in [0.15, 0.2) is 11.6 Å². The Kier molecular flexibility index (Phi) is 7.02. The SMILES string of the molecule is Cc1sc(-n2c(C)nnc2CNC(=O)Nc2ccccc2Cl)c(C(=O)c2ccccc2Cl)c1C. The van der Waals surface area contributed by atoms with Crippen molar-refractivity contribution < 1.29 is 9.59 Å². The Morgan fingerprint density at radius 1 is 0.971 bits per heavy atom. The van der Waals surface area contributed by atoms with Crippen molar-refractivity contribution >= 4 is 52.0 Å². The predicted octanol–water partition coefficient (Wildman–Crippen LogP) is 6.11. The van der Waals surface area contributed by atoms with Crippen molar-refractivity contribution in [3.63, 3.8) is 0 Å². The molecule has 0 spiro atoms. The van der Waals surface area contributed by atoms with Crippen LogP contribution in [0.5, 0.6) is 0 Å². The van der Waals surface area contributed by atoms with E-state index in [4.69, 9.17) is 23.2 Å². The second kappa shape index (κ2) is 9.97. The molecule has 2 aromatic heterocycles. The maximum Gasteiger partial charge on any atom is 0.319 e. The number of thiophene rings is 1. The third-order valence-electron chi connectivity index (χ3n) is 5.34. The van der Waals surface area contributed by atoms with Crippen molar-refractivity contribution in [1.29, 1.82) is 0 Å². The fourth-order valence-electron chi connectivity index (χ4n) is 3.49. The van der Waals surface area contributed by atoms with E-state index in [0.29, 0.717) is 43.5 Å². The second-order valence-corrected chi connectivity index (χ2v) is 9.58. The lowest BCUT2D eigenvalue weighted by atomic mass is 10.0. The summed E-state index contributed by atoms with van der Waals surface area (Å²) < 4.78 is 1.80. The normalized spacial score (nSPS) is 10.9. The van der Waals surface area contributed by atoms with Crippen molar-refractivity contribution in [2.24, 2.45) is 0 Å². The van der Waals surface area contributed by atoms with Gasteiger partial charge in [-0.15, -0.1) is 21.5 Å². The first-order valence-electron chi connectivity index (χ1n) is 10.4. The van der Waals surface area contributed by atoms with E-state index in [0.717, 1.165) is 10.4 Å². The van der Waals surface area contributed by atoms with E-state index in [1.807, 2.05) is 13.8 Å². The number of aryl methyl sites for hydroxylation is 2. The summed E-state index contributed by atoms with van der Waals surface area (Å²) in [5, 5.41) is 15.4. The first-order chi connectivity index (χ1) is 16.3. The highest BCUT2D eigenvalue weighted by Crippen LogP contribution is 2.35. The van der Waals surface area contributed by atoms with E-state index in [9.17, 15) is 9.59 Å². The first-order valence-corrected chi connectivity index (χ1v) is 11.9. The number of aromatic nitrogens is 3. The van der Waals surface area contributed by atoms with Crippen LogP contribution in [0.2, 0.25) is 10.0 Å². The number of rotatable bonds is 6. The maximum atomic E-state index is 13.5. The van der Waals surface area contributed by atoms with Crippen LogP contribution in [0, 0.1) is 20.8 Å². The fraction of sp³-hybridized carbons (Fsp3) is 0.167. The molecule has 7 nitrogen and oxygen atoms in total. The molecule has 2 aromatic carbocycles. The minimum atomic E-state index is -0.439. The van der Waals surface area contributed by atoms with Gasteiger partial charge in [0.1, 0.15) is 10.8 Å². The number of urea groups is 1. The number of ketones is 1. The van der Waals surface area contributed by atoms with E-state index in [1.54, 1.807) is 60.0 Å². The molecule has 0 aliphatic carbocycles. The third kappa shape index (κ3) is 4.70. The summed E-state index contributed by atoms with van der Waals surface area (Å²) in [5.41, 5.74) is 2.33. The molecule has 4 aromatic rings. The zero-order valence-electron chi connectivity index (χ0n) is 18.6. The number of para-hydroxylation sites is 1. The summed E-state index contributed by atoms with van der Waals surface area (Å²) in [6.07, 6.45) is 0. The maximum absolute atomic E-state index is 13.5. The molecule has 2 amide bonds. The topological polar surface area (TPSA) is 88.9 Å². The van der Waals surface area contributed by atoms with Crippen LogP contribution in [0.1, 0.15) is 38.0 Å². The first kappa shape index (κ1) is 23.9. The van der Waals surface area contributed by atoms with E-state index in [-0.39, 0.29) is 12.3 Å². The molecule has 0 bridgehead atoms. The molecule has 0 saturated heterocycles. The lowest BCUT2D eigenvalue weighted by Gasteiger charge is -2.12. The number of amides is 2. The number of carbonyl (C=O) groups excluding carboxylic acids is 2. The molecule has 4 rings (SSSR count). The van der Waals surface area contributed by atoms with Crippen molar-refractivity contribution in [2.45, 2.75) is 27.3 Å². The molecular weight excluding hydrogens is 493 g/mol. The van der Waals surface area contributed by atoms with Crippen LogP contribution in [0.3, 0.4) is 0 Å². The van der Waals surface area contributed by atoms with Gasteiger partial charge in [-0.05, 0) is 50.6 Å². The van der Waals surface area contributed by atoms with Crippen molar-refractivity contribution in [3.8, 4) is 5.00 Å². The van der Waals surface area contributed by atoms with Gasteiger partial charge in [-0.2, -0.15) is 0 Å². The summed E-state index contributed by atoms with van der Waals surface area (Å²) in [4.78, 5) is 27.0. The Balaban J connectivity index is 1.64. The Morgan fingerprint density at radius 3 is 2.35 bits per heavy atom. The number of nitrogens with one attached hydrogen (secondary N) is 2. The number of halogens is 2. The van der Waals surface area contributed by atoms with Gasteiger partial charge >= 0.3 is 6.03 Å². The zero-order valence-corrected chi connectivity index (χ0v) is 21.0. The molecule has 0 aliphatic rings. The minimum Gasteiger partial charge on any atom is -0.331 e. The van der Waals surface area contributed by atoms with E-state index in [2.05, 4.69) is 20.8 Å². The highest BCUT2D eigenvalue weighted by molar-refractivity contribution is 7.15. The summed E-state index contributed by atoms with van der Waals surface area (Å²) in [6.45, 7) is 5.76. The molecule has 34 heavy (non-hydrogen) atoms. The molecule has 174 valence electrons. The summed E-state index contributed by atoms with van der Waals surface area (Å²) in [6, 6.07) is 13.5. The molecule has 2 heterocycles. The highest BCUT2D eigenvalue weighted by Gasteiger charge is 2.26. The summed E-state index contributed by atoms with van der Waals surface area (Å²) >= 11 is 13.9. The minimum absolute atomic E-state index is 0.0901. The lowest BCUT2D eigenvalue weighted by molar-refractivity contribution is 0.103. The molecule has 0 atom stereocenters. The zero-order chi connectivity index (χ0) is 24.4. The molecule has 0 saturated carbocycles. The smallest absolute Gasteiger partial charge is 0.319 e. The number of nitrogens with zero attached hydrogens (tertiary/aromatic N) is 3. The third-order valence-corrected chi connectivity index (χ3v) is 7.19. The Hall–Kier alpha value is -3.20. The van der Waals surface area contributed by atoms with Gasteiger partial charge in [0, 0.05) is 10.4 Å². The monoisotopic (exact) mass is 513 g/mol. The Bertz CT molecular complexity index is 1400. The van der Waals surface area contributed by atoms with Crippen LogP contribution >= 0.6 is 34.5 Å². The van der Waals surface area contributed by atoms with E-state index >= 15 is 0 Å². The van der Waals surface area contributed by atoms with Crippen LogP contribution in [0.4, 0.5) is 10.5 Å². The largest absolute Gasteiger partial charge is 0.331 e. The Labute approximate surface area is 210 Å². The van der Waals surface area contributed by atoms with Gasteiger partial charge in [0.25, 0.3) is 0 Å². The van der Waals surface area contributed by atoms with Gasteiger partial charge in [-0.1, -0.05) is 47.5 Å². The molecule has 2 N–H and O–H groups in total. The molecule has 0 radical (unpaired) electrons. The fourth-order valence-corrected chi connectivity index (χ4v) is 5.11. The van der Waals surface area contributed by atoms with Gasteiger partial charge in [0.2, 0.25) is 0 Å². The van der Waals surface area contributed by atoms with Crippen LogP contribution < -0.4 is 10.6 Å². The standard InChI is InChI=1S/C24H21Cl2N5O2S/c1-13-14(2)34-23(21(13)22(32)16-8-4-5-9-17(16)25)31-15(3)29-30-20(31)12-27-24(33)28-19-11-7-6-10-18(19)26/h4-11H,12H2,1-3H3,(H2,27,28,33). The highest BCUT2D eigenvalue weighted by atomic mass is 35.5. The summed E-state index contributed by atoms with van der Waals surface area (Å²) in [5.74, 6) is 0.907. The second-order valence-electron chi connectivity index (χ2n) is 7.56. The Morgan fingerprint density at radius 2 is 1.65 bits per heavy atom. The lowest BCUT2D eigenvalue weighted by Crippen LogP contribution is -2.29. The number of hydrogen-bond donors (Lipinski definition) is 2. The van der Waals surface area contributed by atoms with Gasteiger partial charge in [-0.25, -0.2) is 4.79 Å². The summed E-state index contributed by atoms with van der Waals surface area (Å²) in [7, 11) is 0. The molecule has 0 fully saturated rings. The van der Waals surface area contributed by atoms with Crippen LogP contribution in [0.25, 0.3) is 5.00 Å². The molecular formula is C24H21Cl2N5O2S. The average molecular weight is 514 g/mol. The molecule has 10 heteroatoms. The quantitative estimate of drug-likeness (QED) is 0.304. The van der Waals surface area contributed by atoms with Crippen LogP contribution in [-0.4, -0.2) is 26.6 Å². The van der Waals surface area contributed by atoms with Crippen LogP contribution in [0.15, 0.2) is 48.5 Å². The van der Waals surface area contributed by atoms with E-state index < -0.39 is 6.03 Å². The van der Waals surface area contributed by atoms with Crippen molar-refractivity contribution in [3.05, 3.63) is 91.8 Å². The molecule has 0 aliphatic heterocycles. The number of anilines is 1. The van der Waals surface area contributed by atoms with Gasteiger partial charge in [0.05, 0.1) is 27.8 Å². The van der Waals surface area contributed by atoms with Crippen molar-refractivity contribution in [2.75, 3.05) is 5.32 Å². The number of carbonyl (C=O) groups is 2. The number of benzene rings is 2. The van der Waals surface area contributed by atoms with E-state index in [1.165, 1.54) is 11.3 Å². The van der Waals surface area contributed by atoms with Crippen molar-refractivity contribution in [1.82, 2.24) is 20.1 Å². The van der Waals surface area contributed by atoms with Crippen LogP contribution in [-0.2, 0) is 6.54 Å².